The molecule has 0 amide bonds. The molecule has 0 bridgehead atoms. The lowest BCUT2D eigenvalue weighted by Crippen LogP contribution is -2.21. The first-order valence-corrected chi connectivity index (χ1v) is 6.46. The van der Waals surface area contributed by atoms with Gasteiger partial charge in [0.1, 0.15) is 0 Å². The first-order chi connectivity index (χ1) is 12.2. The molecule has 0 radical (unpaired) electrons. The fraction of sp³-hybridized carbons (Fsp3) is 0.214. The minimum absolute atomic E-state index is 0.360. The number of carbonyl (C=O) groups excluding carboxylic acids is 1. The van der Waals surface area contributed by atoms with Crippen LogP contribution in [-0.2, 0) is 14.3 Å². The van der Waals surface area contributed by atoms with E-state index in [1.54, 1.807) is 6.20 Å². The Kier molecular flexibility index (Phi) is 8.31. The van der Waals surface area contributed by atoms with Gasteiger partial charge in [-0.05, 0) is 12.1 Å². The van der Waals surface area contributed by atoms with Crippen LogP contribution in [0.15, 0.2) is 36.5 Å². The molecule has 2 aromatic rings. The van der Waals surface area contributed by atoms with Gasteiger partial charge in [0.2, 0.25) is 0 Å². The number of methoxy groups -OCH3 is 1. The number of nitrogens with zero attached hydrogens (tertiary/aromatic N) is 1. The van der Waals surface area contributed by atoms with Gasteiger partial charge in [-0.25, -0.2) is 14.4 Å². The molecule has 2 N–H and O–H groups in total. The molecule has 1 heterocycles. The van der Waals surface area contributed by atoms with E-state index in [0.29, 0.717) is 0 Å². The van der Waals surface area contributed by atoms with Crippen LogP contribution >= 0.6 is 0 Å². The Morgan fingerprint density at radius 2 is 1.30 bits per heavy atom. The van der Waals surface area contributed by atoms with Gasteiger partial charge in [0, 0.05) is 11.6 Å². The van der Waals surface area contributed by atoms with E-state index in [4.69, 9.17) is 19.8 Å². The summed E-state index contributed by atoms with van der Waals surface area (Å²) in [5, 5.41) is 15.3. The fourth-order valence-electron chi connectivity index (χ4n) is 1.34. The summed E-state index contributed by atoms with van der Waals surface area (Å²) in [7, 11) is 1.37. The minimum Gasteiger partial charge on any atom is -0.475 e. The van der Waals surface area contributed by atoms with Crippen LogP contribution in [0, 0.1) is 0 Å². The van der Waals surface area contributed by atoms with Gasteiger partial charge in [0.25, 0.3) is 0 Å². The van der Waals surface area contributed by atoms with E-state index in [0.717, 1.165) is 10.9 Å². The van der Waals surface area contributed by atoms with Gasteiger partial charge in [-0.15, -0.1) is 0 Å². The van der Waals surface area contributed by atoms with Crippen molar-refractivity contribution in [3.63, 3.8) is 0 Å². The smallest absolute Gasteiger partial charge is 0.475 e. The summed E-state index contributed by atoms with van der Waals surface area (Å²) in [6.07, 6.45) is -8.82. The number of carboxylic acids is 2. The van der Waals surface area contributed by atoms with Crippen molar-refractivity contribution in [2.24, 2.45) is 0 Å². The first-order valence-electron chi connectivity index (χ1n) is 6.46. The number of halogens is 6. The minimum atomic E-state index is -5.08. The predicted molar refractivity (Wildman–Crippen MR) is 77.1 cm³/mol. The number of alkyl halides is 6. The Morgan fingerprint density at radius 3 is 1.67 bits per heavy atom. The fourth-order valence-corrected chi connectivity index (χ4v) is 1.34. The number of ether oxygens (including phenoxy) is 1. The first kappa shape index (κ1) is 23.8. The molecule has 0 saturated heterocycles. The van der Waals surface area contributed by atoms with E-state index in [1.165, 1.54) is 11.7 Å². The van der Waals surface area contributed by atoms with Crippen LogP contribution in [0.25, 0.3) is 10.9 Å². The Labute approximate surface area is 146 Å². The van der Waals surface area contributed by atoms with Crippen LogP contribution in [0.2, 0.25) is 0 Å². The van der Waals surface area contributed by atoms with Crippen LogP contribution in [0.5, 0.6) is 0 Å². The highest BCUT2D eigenvalue weighted by Crippen LogP contribution is 2.15. The van der Waals surface area contributed by atoms with Crippen LogP contribution in [0.4, 0.5) is 31.1 Å². The van der Waals surface area contributed by atoms with E-state index < -0.39 is 24.3 Å². The predicted octanol–water partition coefficient (Wildman–Crippen LogP) is 3.52. The quantitative estimate of drug-likeness (QED) is 0.652. The molecule has 0 spiro atoms. The molecule has 0 aliphatic rings. The van der Waals surface area contributed by atoms with Gasteiger partial charge >= 0.3 is 30.4 Å². The molecule has 1 aromatic carbocycles. The van der Waals surface area contributed by atoms with Crippen LogP contribution in [-0.4, -0.2) is 52.3 Å². The zero-order valence-electron chi connectivity index (χ0n) is 13.2. The standard InChI is InChI=1S/C10H9NO2.2C2HF3O2/c1-13-10(12)11-7-6-8-4-2-3-5-9(8)11;2*3-2(4,5)1(6)7/h2-7H,1H3;2*(H,6,7). The Hall–Kier alpha value is -3.25. The summed E-state index contributed by atoms with van der Waals surface area (Å²) < 4.78 is 69.6. The van der Waals surface area contributed by atoms with Crippen molar-refractivity contribution >= 4 is 28.9 Å². The summed E-state index contributed by atoms with van der Waals surface area (Å²) >= 11 is 0. The highest BCUT2D eigenvalue weighted by atomic mass is 19.4. The number of fused-ring (bicyclic) bond motifs is 1. The lowest BCUT2D eigenvalue weighted by Gasteiger charge is -2.00. The Morgan fingerprint density at radius 1 is 0.889 bits per heavy atom. The molecule has 27 heavy (non-hydrogen) atoms. The third-order valence-corrected chi connectivity index (χ3v) is 2.46. The molecule has 1 aromatic heterocycles. The molecule has 2 rings (SSSR count). The molecular weight excluding hydrogens is 392 g/mol. The molecule has 0 atom stereocenters. The average molecular weight is 403 g/mol. The van der Waals surface area contributed by atoms with Gasteiger partial charge in [-0.1, -0.05) is 18.2 Å². The third kappa shape index (κ3) is 8.11. The van der Waals surface area contributed by atoms with Crippen LogP contribution in [0.3, 0.4) is 0 Å². The number of hydrogen-bond donors (Lipinski definition) is 2. The summed E-state index contributed by atoms with van der Waals surface area (Å²) in [4.78, 5) is 29.0. The third-order valence-electron chi connectivity index (χ3n) is 2.46. The van der Waals surface area contributed by atoms with Gasteiger partial charge < -0.3 is 14.9 Å². The number of benzene rings is 1. The van der Waals surface area contributed by atoms with E-state index in [9.17, 15) is 31.1 Å². The molecule has 13 heteroatoms. The van der Waals surface area contributed by atoms with Crippen molar-refractivity contribution in [2.45, 2.75) is 12.4 Å². The largest absolute Gasteiger partial charge is 0.490 e. The van der Waals surface area contributed by atoms with Crippen molar-refractivity contribution in [1.29, 1.82) is 0 Å². The van der Waals surface area contributed by atoms with Crippen molar-refractivity contribution < 1.29 is 55.7 Å². The van der Waals surface area contributed by atoms with Gasteiger partial charge in [0.05, 0.1) is 12.6 Å². The normalized spacial score (nSPS) is 10.8. The number of para-hydroxylation sites is 1. The maximum atomic E-state index is 11.2. The molecule has 0 unspecified atom stereocenters. The molecule has 7 nitrogen and oxygen atoms in total. The van der Waals surface area contributed by atoms with Crippen LogP contribution < -0.4 is 0 Å². The molecule has 0 fully saturated rings. The van der Waals surface area contributed by atoms with Crippen molar-refractivity contribution in [3.8, 4) is 0 Å². The van der Waals surface area contributed by atoms with E-state index in [2.05, 4.69) is 4.74 Å². The van der Waals surface area contributed by atoms with Crippen molar-refractivity contribution in [2.75, 3.05) is 7.11 Å². The molecule has 0 aliphatic carbocycles. The van der Waals surface area contributed by atoms with E-state index in [-0.39, 0.29) is 6.09 Å². The average Bonchev–Trinajstić information content (AvgIpc) is 2.97. The summed E-state index contributed by atoms with van der Waals surface area (Å²) in [6.45, 7) is 0. The second-order valence-corrected chi connectivity index (χ2v) is 4.32. The molecule has 0 aliphatic heterocycles. The van der Waals surface area contributed by atoms with E-state index >= 15 is 0 Å². The number of carbonyl (C=O) groups is 3. The molecule has 150 valence electrons. The van der Waals surface area contributed by atoms with Gasteiger partial charge in [-0.3, -0.25) is 4.57 Å². The SMILES string of the molecule is COC(=O)n1ccc2ccccc21.O=C(O)C(F)(F)F.O=C(O)C(F)(F)F. The molecular formula is C14H11F6NO6. The number of carboxylic acid groups (broad SMARTS) is 2. The number of rotatable bonds is 0. The number of hydrogen-bond acceptors (Lipinski definition) is 4. The van der Waals surface area contributed by atoms with Gasteiger partial charge in [-0.2, -0.15) is 26.3 Å². The van der Waals surface area contributed by atoms with Crippen molar-refractivity contribution in [1.82, 2.24) is 4.57 Å². The zero-order chi connectivity index (χ0) is 21.4. The maximum absolute atomic E-state index is 11.2. The molecule has 0 saturated carbocycles. The van der Waals surface area contributed by atoms with E-state index in [1.807, 2.05) is 30.3 Å². The maximum Gasteiger partial charge on any atom is 0.490 e. The number of aliphatic carboxylic acids is 2. The van der Waals surface area contributed by atoms with Crippen LogP contribution in [0.1, 0.15) is 0 Å². The lowest BCUT2D eigenvalue weighted by molar-refractivity contribution is -0.193. The summed E-state index contributed by atoms with van der Waals surface area (Å²) in [5.74, 6) is -5.51. The second-order valence-electron chi connectivity index (χ2n) is 4.32. The summed E-state index contributed by atoms with van der Waals surface area (Å²) in [5.41, 5.74) is 0.870. The second kappa shape index (κ2) is 9.45. The topological polar surface area (TPSA) is 106 Å². The van der Waals surface area contributed by atoms with Gasteiger partial charge in [0.15, 0.2) is 0 Å². The highest BCUT2D eigenvalue weighted by molar-refractivity contribution is 5.89. The monoisotopic (exact) mass is 403 g/mol. The number of aromatic nitrogens is 1. The highest BCUT2D eigenvalue weighted by Gasteiger charge is 2.38. The Balaban J connectivity index is 0.000000416. The lowest BCUT2D eigenvalue weighted by atomic mass is 10.2. The van der Waals surface area contributed by atoms with Crippen molar-refractivity contribution in [3.05, 3.63) is 36.5 Å². The summed E-state index contributed by atoms with van der Waals surface area (Å²) in [6, 6.07) is 9.54. The Bertz CT molecular complexity index is 771. The zero-order valence-corrected chi connectivity index (χ0v) is 13.2.